The molecule has 0 fully saturated rings. The number of aromatic nitrogens is 1. The zero-order valence-corrected chi connectivity index (χ0v) is 21.0. The van der Waals surface area contributed by atoms with E-state index < -0.39 is 21.4 Å². The van der Waals surface area contributed by atoms with E-state index in [0.717, 1.165) is 5.56 Å². The Morgan fingerprint density at radius 1 is 1.11 bits per heavy atom. The fraction of sp³-hybridized carbons (Fsp3) is 0.107. The summed E-state index contributed by atoms with van der Waals surface area (Å²) in [4.78, 5) is 28.0. The molecule has 0 atom stereocenters. The molecule has 3 aromatic carbocycles. The molecule has 188 valence electrons. The van der Waals surface area contributed by atoms with Gasteiger partial charge in [0.05, 0.1) is 22.5 Å². The van der Waals surface area contributed by atoms with E-state index in [9.17, 15) is 23.1 Å². The minimum Gasteiger partial charge on any atom is -0.497 e. The van der Waals surface area contributed by atoms with Crippen molar-refractivity contribution in [2.75, 3.05) is 12.8 Å². The lowest BCUT2D eigenvalue weighted by Gasteiger charge is -2.17. The molecule has 0 radical (unpaired) electrons. The first-order valence-corrected chi connectivity index (χ1v) is 12.7. The second kappa shape index (κ2) is 10.2. The SMILES string of the molecule is COc1ccc(S(=O)(=O)c2c(C)cc(-c3ccc(Cc4cccnc4)c(N)c3C=O)cc2C(=O)O)cc1. The Labute approximate surface area is 214 Å². The predicted molar refractivity (Wildman–Crippen MR) is 139 cm³/mol. The number of benzene rings is 3. The molecule has 1 aromatic heterocycles. The van der Waals surface area contributed by atoms with Crippen LogP contribution in [-0.2, 0) is 16.3 Å². The molecule has 1 heterocycles. The van der Waals surface area contributed by atoms with E-state index in [2.05, 4.69) is 4.98 Å². The monoisotopic (exact) mass is 516 g/mol. The van der Waals surface area contributed by atoms with E-state index in [1.165, 1.54) is 44.4 Å². The highest BCUT2D eigenvalue weighted by Gasteiger charge is 2.28. The third-order valence-electron chi connectivity index (χ3n) is 6.07. The van der Waals surface area contributed by atoms with Crippen molar-refractivity contribution in [3.63, 3.8) is 0 Å². The molecule has 0 aliphatic heterocycles. The van der Waals surface area contributed by atoms with Crippen LogP contribution in [-0.4, -0.2) is 37.9 Å². The maximum atomic E-state index is 13.4. The number of aromatic carboxylic acids is 1. The van der Waals surface area contributed by atoms with Gasteiger partial charge in [-0.2, -0.15) is 0 Å². The lowest BCUT2D eigenvalue weighted by Crippen LogP contribution is -2.12. The molecule has 0 aliphatic rings. The number of rotatable bonds is 8. The summed E-state index contributed by atoms with van der Waals surface area (Å²) < 4.78 is 32.0. The highest BCUT2D eigenvalue weighted by molar-refractivity contribution is 7.91. The molecule has 0 saturated heterocycles. The highest BCUT2D eigenvalue weighted by Crippen LogP contribution is 2.36. The molecule has 37 heavy (non-hydrogen) atoms. The van der Waals surface area contributed by atoms with Gasteiger partial charge in [0.1, 0.15) is 5.75 Å². The van der Waals surface area contributed by atoms with Gasteiger partial charge in [0.25, 0.3) is 0 Å². The van der Waals surface area contributed by atoms with E-state index in [-0.39, 0.29) is 26.6 Å². The quantitative estimate of drug-likeness (QED) is 0.256. The van der Waals surface area contributed by atoms with Crippen LogP contribution in [0.5, 0.6) is 5.75 Å². The topological polar surface area (TPSA) is 137 Å². The molecular weight excluding hydrogens is 492 g/mol. The summed E-state index contributed by atoms with van der Waals surface area (Å²) in [7, 11) is -2.71. The van der Waals surface area contributed by atoms with E-state index >= 15 is 0 Å². The van der Waals surface area contributed by atoms with Gasteiger partial charge in [-0.15, -0.1) is 0 Å². The van der Waals surface area contributed by atoms with Crippen molar-refractivity contribution in [3.8, 4) is 16.9 Å². The summed E-state index contributed by atoms with van der Waals surface area (Å²) in [5, 5.41) is 9.96. The summed E-state index contributed by atoms with van der Waals surface area (Å²) in [6.07, 6.45) is 4.44. The molecule has 0 saturated carbocycles. The highest BCUT2D eigenvalue weighted by atomic mass is 32.2. The maximum absolute atomic E-state index is 13.4. The number of aryl methyl sites for hydroxylation is 1. The van der Waals surface area contributed by atoms with Crippen molar-refractivity contribution in [1.29, 1.82) is 0 Å². The number of methoxy groups -OCH3 is 1. The normalized spacial score (nSPS) is 11.2. The van der Waals surface area contributed by atoms with Crippen molar-refractivity contribution >= 4 is 27.8 Å². The molecule has 4 rings (SSSR count). The number of hydrogen-bond donors (Lipinski definition) is 2. The van der Waals surface area contributed by atoms with Gasteiger partial charge in [0, 0.05) is 30.1 Å². The molecule has 9 heteroatoms. The zero-order valence-electron chi connectivity index (χ0n) is 20.1. The minimum absolute atomic E-state index is 0.0655. The maximum Gasteiger partial charge on any atom is 0.337 e. The third kappa shape index (κ3) is 4.94. The van der Waals surface area contributed by atoms with Crippen LogP contribution in [0.1, 0.15) is 37.4 Å². The van der Waals surface area contributed by atoms with Gasteiger partial charge in [-0.05, 0) is 71.1 Å². The van der Waals surface area contributed by atoms with Gasteiger partial charge in [0.2, 0.25) is 9.84 Å². The Morgan fingerprint density at radius 2 is 1.84 bits per heavy atom. The molecule has 0 spiro atoms. The van der Waals surface area contributed by atoms with Crippen LogP contribution in [0.15, 0.2) is 82.8 Å². The van der Waals surface area contributed by atoms with Crippen molar-refractivity contribution in [2.24, 2.45) is 0 Å². The van der Waals surface area contributed by atoms with E-state index in [4.69, 9.17) is 10.5 Å². The number of pyridine rings is 1. The fourth-order valence-corrected chi connectivity index (χ4v) is 5.90. The lowest BCUT2D eigenvalue weighted by molar-refractivity contribution is 0.0692. The summed E-state index contributed by atoms with van der Waals surface area (Å²) in [6.45, 7) is 1.52. The summed E-state index contributed by atoms with van der Waals surface area (Å²) in [5.41, 5.74) is 9.02. The molecule has 0 aliphatic carbocycles. The number of aldehydes is 1. The average Bonchev–Trinajstić information content (AvgIpc) is 2.89. The van der Waals surface area contributed by atoms with Crippen LogP contribution in [0.3, 0.4) is 0 Å². The number of nitrogens with zero attached hydrogens (tertiary/aromatic N) is 1. The van der Waals surface area contributed by atoms with Gasteiger partial charge in [-0.25, -0.2) is 13.2 Å². The number of anilines is 1. The fourth-order valence-electron chi connectivity index (χ4n) is 4.25. The number of carbonyl (C=O) groups is 2. The largest absolute Gasteiger partial charge is 0.497 e. The average molecular weight is 517 g/mol. The van der Waals surface area contributed by atoms with Gasteiger partial charge in [0.15, 0.2) is 6.29 Å². The Bertz CT molecular complexity index is 1600. The van der Waals surface area contributed by atoms with Crippen LogP contribution in [0.2, 0.25) is 0 Å². The summed E-state index contributed by atoms with van der Waals surface area (Å²) >= 11 is 0. The van der Waals surface area contributed by atoms with Crippen LogP contribution in [0.4, 0.5) is 5.69 Å². The second-order valence-corrected chi connectivity index (χ2v) is 10.3. The van der Waals surface area contributed by atoms with E-state index in [1.807, 2.05) is 6.07 Å². The van der Waals surface area contributed by atoms with E-state index in [1.54, 1.807) is 36.7 Å². The van der Waals surface area contributed by atoms with Crippen molar-refractivity contribution < 1.29 is 27.9 Å². The minimum atomic E-state index is -4.17. The van der Waals surface area contributed by atoms with E-state index in [0.29, 0.717) is 35.1 Å². The third-order valence-corrected chi connectivity index (χ3v) is 8.04. The van der Waals surface area contributed by atoms with Crippen LogP contribution < -0.4 is 10.5 Å². The van der Waals surface area contributed by atoms with Crippen molar-refractivity contribution in [3.05, 3.63) is 101 Å². The van der Waals surface area contributed by atoms with Crippen LogP contribution >= 0.6 is 0 Å². The number of nitrogen functional groups attached to an aromatic ring is 1. The molecular formula is C28H24N2O6S. The molecule has 8 nitrogen and oxygen atoms in total. The Balaban J connectivity index is 1.84. The number of carbonyl (C=O) groups excluding carboxylic acids is 1. The zero-order chi connectivity index (χ0) is 26.7. The number of carboxylic acids is 1. The summed E-state index contributed by atoms with van der Waals surface area (Å²) in [5.74, 6) is -0.943. The van der Waals surface area contributed by atoms with Gasteiger partial charge < -0.3 is 15.6 Å². The second-order valence-electron chi connectivity index (χ2n) is 8.41. The molecule has 4 aromatic rings. The molecule has 0 bridgehead atoms. The Hall–Kier alpha value is -4.50. The smallest absolute Gasteiger partial charge is 0.337 e. The number of hydrogen-bond acceptors (Lipinski definition) is 7. The molecule has 0 amide bonds. The number of ether oxygens (including phenoxy) is 1. The first-order valence-electron chi connectivity index (χ1n) is 11.2. The number of carboxylic acid groups (broad SMARTS) is 1. The number of sulfone groups is 1. The standard InChI is InChI=1S/C28H24N2O6S/c1-17-12-20(23-10-5-19(26(29)25(23)16-31)13-18-4-3-11-30-15-18)14-24(28(32)33)27(17)37(34,35)22-8-6-21(36-2)7-9-22/h3-12,14-16H,13,29H2,1-2H3,(H,32,33). The Morgan fingerprint density at radius 3 is 2.43 bits per heavy atom. The predicted octanol–water partition coefficient (Wildman–Crippen LogP) is 4.58. The van der Waals surface area contributed by atoms with Crippen LogP contribution in [0, 0.1) is 6.92 Å². The first-order chi connectivity index (χ1) is 17.7. The first kappa shape index (κ1) is 25.6. The van der Waals surface area contributed by atoms with Gasteiger partial charge in [-0.1, -0.05) is 24.3 Å². The molecule has 0 unspecified atom stereocenters. The van der Waals surface area contributed by atoms with Crippen LogP contribution in [0.25, 0.3) is 11.1 Å². The van der Waals surface area contributed by atoms with Gasteiger partial charge >= 0.3 is 5.97 Å². The van der Waals surface area contributed by atoms with Gasteiger partial charge in [-0.3, -0.25) is 9.78 Å². The van der Waals surface area contributed by atoms with Crippen molar-refractivity contribution in [2.45, 2.75) is 23.1 Å². The lowest BCUT2D eigenvalue weighted by atomic mass is 9.92. The Kier molecular flexibility index (Phi) is 7.08. The number of nitrogens with two attached hydrogens (primary N) is 1. The van der Waals surface area contributed by atoms with Crippen molar-refractivity contribution in [1.82, 2.24) is 4.98 Å². The molecule has 3 N–H and O–H groups in total. The summed E-state index contributed by atoms with van der Waals surface area (Å²) in [6, 6.07) is 15.7.